The van der Waals surface area contributed by atoms with E-state index in [0.29, 0.717) is 13.1 Å². The molecule has 0 bridgehead atoms. The topological polar surface area (TPSA) is 66.9 Å². The Morgan fingerprint density at radius 1 is 1.15 bits per heavy atom. The van der Waals surface area contributed by atoms with E-state index in [1.807, 2.05) is 47.2 Å². The fourth-order valence-corrected chi connectivity index (χ4v) is 4.44. The van der Waals surface area contributed by atoms with Crippen molar-refractivity contribution in [2.75, 3.05) is 33.8 Å². The number of nitrogens with zero attached hydrogens (tertiary/aromatic N) is 2. The van der Waals surface area contributed by atoms with Gasteiger partial charge in [0.1, 0.15) is 0 Å². The van der Waals surface area contributed by atoms with Gasteiger partial charge >= 0.3 is 5.97 Å². The third kappa shape index (κ3) is 4.31. The van der Waals surface area contributed by atoms with Gasteiger partial charge in [-0.05, 0) is 30.2 Å². The van der Waals surface area contributed by atoms with Crippen molar-refractivity contribution in [3.63, 3.8) is 0 Å². The Morgan fingerprint density at radius 3 is 2.44 bits per heavy atom. The number of hydrogen-bond donors (Lipinski definition) is 0. The molecule has 2 saturated heterocycles. The van der Waals surface area contributed by atoms with Crippen LogP contribution in [0.4, 0.5) is 0 Å². The molecule has 1 aromatic rings. The number of methoxy groups -OCH3 is 1. The first-order chi connectivity index (χ1) is 12.9. The van der Waals surface area contributed by atoms with Crippen molar-refractivity contribution in [3.05, 3.63) is 35.9 Å². The quantitative estimate of drug-likeness (QED) is 0.760. The van der Waals surface area contributed by atoms with Gasteiger partial charge in [0, 0.05) is 33.1 Å². The van der Waals surface area contributed by atoms with Crippen LogP contribution in [0.15, 0.2) is 30.3 Å². The molecular formula is C21H28N2O4. The zero-order valence-electron chi connectivity index (χ0n) is 16.1. The van der Waals surface area contributed by atoms with E-state index in [1.54, 1.807) is 0 Å². The van der Waals surface area contributed by atoms with Gasteiger partial charge in [-0.3, -0.25) is 14.4 Å². The van der Waals surface area contributed by atoms with E-state index in [9.17, 15) is 14.4 Å². The molecule has 27 heavy (non-hydrogen) atoms. The maximum atomic E-state index is 12.7. The molecule has 2 aliphatic heterocycles. The van der Waals surface area contributed by atoms with E-state index in [0.717, 1.165) is 31.4 Å². The van der Waals surface area contributed by atoms with E-state index in [4.69, 9.17) is 0 Å². The molecule has 0 saturated carbocycles. The molecule has 1 atom stereocenters. The molecular weight excluding hydrogens is 344 g/mol. The van der Waals surface area contributed by atoms with E-state index >= 15 is 0 Å². The van der Waals surface area contributed by atoms with Gasteiger partial charge in [-0.15, -0.1) is 0 Å². The van der Waals surface area contributed by atoms with Gasteiger partial charge in [-0.2, -0.15) is 0 Å². The number of likely N-dealkylation sites (tertiary alicyclic amines) is 2. The zero-order chi connectivity index (χ0) is 19.4. The molecule has 6 nitrogen and oxygen atoms in total. The number of hydrogen-bond acceptors (Lipinski definition) is 4. The van der Waals surface area contributed by atoms with Crippen LogP contribution in [0, 0.1) is 5.41 Å². The molecule has 1 unspecified atom stereocenters. The Hall–Kier alpha value is -2.37. The van der Waals surface area contributed by atoms with E-state index in [2.05, 4.69) is 4.74 Å². The second kappa shape index (κ2) is 8.11. The van der Waals surface area contributed by atoms with Gasteiger partial charge in [-0.25, -0.2) is 0 Å². The third-order valence-corrected chi connectivity index (χ3v) is 6.03. The molecule has 1 spiro atoms. The third-order valence-electron chi connectivity index (χ3n) is 6.03. The molecule has 2 amide bonds. The van der Waals surface area contributed by atoms with E-state index < -0.39 is 0 Å². The highest BCUT2D eigenvalue weighted by atomic mass is 16.5. The second-order valence-corrected chi connectivity index (χ2v) is 7.82. The van der Waals surface area contributed by atoms with Crippen molar-refractivity contribution in [3.8, 4) is 0 Å². The molecule has 0 aromatic heterocycles. The van der Waals surface area contributed by atoms with E-state index in [1.165, 1.54) is 7.11 Å². The number of piperidine rings is 2. The summed E-state index contributed by atoms with van der Waals surface area (Å²) in [5.74, 6) is -0.264. The highest BCUT2D eigenvalue weighted by Crippen LogP contribution is 2.45. The lowest BCUT2D eigenvalue weighted by Gasteiger charge is -2.49. The number of amides is 2. The van der Waals surface area contributed by atoms with Gasteiger partial charge in [0.15, 0.2) is 0 Å². The summed E-state index contributed by atoms with van der Waals surface area (Å²) in [4.78, 5) is 40.0. The fourth-order valence-electron chi connectivity index (χ4n) is 4.44. The molecule has 0 N–H and O–H groups in total. The molecule has 2 aliphatic rings. The predicted molar refractivity (Wildman–Crippen MR) is 101 cm³/mol. The number of rotatable bonds is 4. The lowest BCUT2D eigenvalue weighted by molar-refractivity contribution is -0.145. The van der Waals surface area contributed by atoms with Crippen molar-refractivity contribution < 1.29 is 19.1 Å². The fraction of sp³-hybridized carbons (Fsp3) is 0.571. The average Bonchev–Trinajstić information content (AvgIpc) is 2.70. The molecule has 2 heterocycles. The SMILES string of the molecule is COC(=O)CCC(=O)N1CCC2(CC1)CC(c1ccccc1)C(=O)N(C)C2. The Bertz CT molecular complexity index is 695. The van der Waals surface area contributed by atoms with Crippen LogP contribution in [0.3, 0.4) is 0 Å². The second-order valence-electron chi connectivity index (χ2n) is 7.82. The van der Waals surface area contributed by atoms with Gasteiger partial charge in [0.25, 0.3) is 0 Å². The smallest absolute Gasteiger partial charge is 0.306 e. The van der Waals surface area contributed by atoms with Gasteiger partial charge < -0.3 is 14.5 Å². The summed E-state index contributed by atoms with van der Waals surface area (Å²) in [6, 6.07) is 9.98. The van der Waals surface area contributed by atoms with Crippen LogP contribution >= 0.6 is 0 Å². The first kappa shape index (κ1) is 19.4. The number of ether oxygens (including phenoxy) is 1. The number of carbonyl (C=O) groups excluding carboxylic acids is 3. The molecule has 6 heteroatoms. The van der Waals surface area contributed by atoms with Crippen molar-refractivity contribution in [2.45, 2.75) is 38.0 Å². The van der Waals surface area contributed by atoms with Gasteiger partial charge in [0.05, 0.1) is 19.4 Å². The van der Waals surface area contributed by atoms with Crippen molar-refractivity contribution in [2.24, 2.45) is 5.41 Å². The Balaban J connectivity index is 1.63. The van der Waals surface area contributed by atoms with Crippen LogP contribution in [0.5, 0.6) is 0 Å². The van der Waals surface area contributed by atoms with Crippen molar-refractivity contribution in [1.29, 1.82) is 0 Å². The Kier molecular flexibility index (Phi) is 5.82. The molecule has 3 rings (SSSR count). The van der Waals surface area contributed by atoms with Crippen LogP contribution in [-0.4, -0.2) is 61.4 Å². The summed E-state index contributed by atoms with van der Waals surface area (Å²) >= 11 is 0. The average molecular weight is 372 g/mol. The van der Waals surface area contributed by atoms with Crippen LogP contribution in [0.2, 0.25) is 0 Å². The summed E-state index contributed by atoms with van der Waals surface area (Å²) in [6.07, 6.45) is 2.94. The maximum Gasteiger partial charge on any atom is 0.306 e. The molecule has 146 valence electrons. The first-order valence-corrected chi connectivity index (χ1v) is 9.59. The van der Waals surface area contributed by atoms with Crippen LogP contribution in [-0.2, 0) is 19.1 Å². The zero-order valence-corrected chi connectivity index (χ0v) is 16.1. The largest absolute Gasteiger partial charge is 0.469 e. The molecule has 1 aromatic carbocycles. The number of carbonyl (C=O) groups is 3. The van der Waals surface area contributed by atoms with Gasteiger partial charge in [-0.1, -0.05) is 30.3 Å². The summed E-state index contributed by atoms with van der Waals surface area (Å²) in [5, 5.41) is 0. The van der Waals surface area contributed by atoms with Crippen LogP contribution in [0.1, 0.15) is 43.6 Å². The Labute approximate surface area is 160 Å². The summed E-state index contributed by atoms with van der Waals surface area (Å²) in [6.45, 7) is 2.12. The minimum Gasteiger partial charge on any atom is -0.469 e. The van der Waals surface area contributed by atoms with Crippen molar-refractivity contribution in [1.82, 2.24) is 9.80 Å². The lowest BCUT2D eigenvalue weighted by atomic mass is 9.67. The van der Waals surface area contributed by atoms with Gasteiger partial charge in [0.2, 0.25) is 11.8 Å². The molecule has 0 radical (unpaired) electrons. The summed E-state index contributed by atoms with van der Waals surface area (Å²) in [7, 11) is 3.22. The van der Waals surface area contributed by atoms with Crippen LogP contribution in [0.25, 0.3) is 0 Å². The minimum atomic E-state index is -0.352. The standard InChI is InChI=1S/C21H28N2O4/c1-22-15-21(14-17(20(22)26)16-6-4-3-5-7-16)10-12-23(13-11-21)18(24)8-9-19(25)27-2/h3-7,17H,8-15H2,1-2H3. The maximum absolute atomic E-state index is 12.7. The lowest BCUT2D eigenvalue weighted by Crippen LogP contribution is -2.53. The van der Waals surface area contributed by atoms with Crippen LogP contribution < -0.4 is 0 Å². The number of benzene rings is 1. The normalized spacial score (nSPS) is 22.0. The predicted octanol–water partition coefficient (Wildman–Crippen LogP) is 2.19. The number of esters is 1. The summed E-state index contributed by atoms with van der Waals surface area (Å²) < 4.78 is 4.61. The molecule has 2 fully saturated rings. The van der Waals surface area contributed by atoms with E-state index in [-0.39, 0.29) is 42.0 Å². The van der Waals surface area contributed by atoms with Crippen molar-refractivity contribution >= 4 is 17.8 Å². The summed E-state index contributed by atoms with van der Waals surface area (Å²) in [5.41, 5.74) is 1.13. The monoisotopic (exact) mass is 372 g/mol. The first-order valence-electron chi connectivity index (χ1n) is 9.59. The minimum absolute atomic E-state index is 0.00935. The Morgan fingerprint density at radius 2 is 1.81 bits per heavy atom. The molecule has 0 aliphatic carbocycles. The highest BCUT2D eigenvalue weighted by molar-refractivity contribution is 5.84. The highest BCUT2D eigenvalue weighted by Gasteiger charge is 2.45. The number of likely N-dealkylation sites (N-methyl/N-ethyl adjacent to an activating group) is 1.